The first kappa shape index (κ1) is 8.10. The molecule has 0 aromatic rings. The van der Waals surface area contributed by atoms with Crippen LogP contribution >= 0.6 is 0 Å². The Labute approximate surface area is 75.4 Å². The summed E-state index contributed by atoms with van der Waals surface area (Å²) in [5.74, 6) is 2.82. The summed E-state index contributed by atoms with van der Waals surface area (Å²) in [7, 11) is 0. The van der Waals surface area contributed by atoms with Gasteiger partial charge >= 0.3 is 0 Å². The Hall–Kier alpha value is -0.520. The van der Waals surface area contributed by atoms with E-state index < -0.39 is 0 Å². The van der Waals surface area contributed by atoms with E-state index in [1.165, 1.54) is 19.3 Å². The molecule has 12 heavy (non-hydrogen) atoms. The molecule has 2 aliphatic carbocycles. The first-order valence-electron chi connectivity index (χ1n) is 5.09. The fourth-order valence-corrected chi connectivity index (χ4v) is 2.66. The van der Waals surface area contributed by atoms with E-state index in [0.29, 0.717) is 0 Å². The molecule has 0 radical (unpaired) electrons. The Morgan fingerprint density at radius 3 is 2.75 bits per heavy atom. The lowest BCUT2D eigenvalue weighted by Gasteiger charge is -2.17. The van der Waals surface area contributed by atoms with Gasteiger partial charge in [-0.1, -0.05) is 23.8 Å². The van der Waals surface area contributed by atoms with Gasteiger partial charge in [0.2, 0.25) is 0 Å². The third kappa shape index (κ3) is 1.35. The van der Waals surface area contributed by atoms with Crippen molar-refractivity contribution in [3.63, 3.8) is 0 Å². The van der Waals surface area contributed by atoms with Crippen LogP contribution in [0.2, 0.25) is 0 Å². The van der Waals surface area contributed by atoms with E-state index in [0.717, 1.165) is 17.8 Å². The van der Waals surface area contributed by atoms with Crippen LogP contribution in [0.4, 0.5) is 0 Å². The van der Waals surface area contributed by atoms with Gasteiger partial charge in [-0.05, 0) is 50.9 Å². The smallest absolute Gasteiger partial charge is 0.0196 e. The van der Waals surface area contributed by atoms with Gasteiger partial charge in [0.1, 0.15) is 0 Å². The lowest BCUT2D eigenvalue weighted by Crippen LogP contribution is -2.06. The zero-order valence-corrected chi connectivity index (χ0v) is 8.09. The minimum absolute atomic E-state index is 0.921. The Morgan fingerprint density at radius 1 is 1.42 bits per heavy atom. The molecule has 0 heterocycles. The summed E-state index contributed by atoms with van der Waals surface area (Å²) in [5.41, 5.74) is 1.57. The van der Waals surface area contributed by atoms with Crippen LogP contribution in [0.1, 0.15) is 33.1 Å². The van der Waals surface area contributed by atoms with Crippen molar-refractivity contribution in [2.45, 2.75) is 33.1 Å². The van der Waals surface area contributed by atoms with Gasteiger partial charge in [0.15, 0.2) is 0 Å². The zero-order valence-electron chi connectivity index (χ0n) is 8.09. The third-order valence-corrected chi connectivity index (χ3v) is 3.49. The van der Waals surface area contributed by atoms with Crippen LogP contribution in [-0.2, 0) is 0 Å². The maximum Gasteiger partial charge on any atom is -0.0196 e. The third-order valence-electron chi connectivity index (χ3n) is 3.49. The molecule has 2 rings (SSSR count). The predicted molar refractivity (Wildman–Crippen MR) is 52.9 cm³/mol. The van der Waals surface area contributed by atoms with Crippen LogP contribution in [0.3, 0.4) is 0 Å². The fraction of sp³-hybridized carbons (Fsp3) is 0.667. The second-order valence-corrected chi connectivity index (χ2v) is 4.38. The largest absolute Gasteiger partial charge is 0.0887 e. The molecule has 0 aliphatic heterocycles. The van der Waals surface area contributed by atoms with E-state index >= 15 is 0 Å². The highest BCUT2D eigenvalue weighted by atomic mass is 14.4. The average Bonchev–Trinajstić information content (AvgIpc) is 2.64. The molecule has 0 N–H and O–H groups in total. The maximum absolute atomic E-state index is 2.45. The Kier molecular flexibility index (Phi) is 2.08. The summed E-state index contributed by atoms with van der Waals surface area (Å²) in [4.78, 5) is 0. The molecule has 0 saturated heterocycles. The highest BCUT2D eigenvalue weighted by Gasteiger charge is 2.34. The Balaban J connectivity index is 1.95. The molecule has 2 bridgehead atoms. The molecule has 1 fully saturated rings. The molecule has 1 saturated carbocycles. The number of hydrogen-bond donors (Lipinski definition) is 0. The van der Waals surface area contributed by atoms with Crippen molar-refractivity contribution in [1.29, 1.82) is 0 Å². The van der Waals surface area contributed by atoms with Crippen LogP contribution in [0.5, 0.6) is 0 Å². The minimum atomic E-state index is 0.921. The molecule has 0 heteroatoms. The lowest BCUT2D eigenvalue weighted by molar-refractivity contribution is 0.444. The quantitative estimate of drug-likeness (QED) is 0.545. The van der Waals surface area contributed by atoms with Gasteiger partial charge in [-0.15, -0.1) is 0 Å². The highest BCUT2D eigenvalue weighted by molar-refractivity contribution is 5.12. The van der Waals surface area contributed by atoms with Crippen molar-refractivity contribution in [3.05, 3.63) is 23.8 Å². The van der Waals surface area contributed by atoms with Crippen LogP contribution < -0.4 is 0 Å². The van der Waals surface area contributed by atoms with E-state index in [1.54, 1.807) is 5.57 Å². The van der Waals surface area contributed by atoms with Gasteiger partial charge in [-0.25, -0.2) is 0 Å². The Morgan fingerprint density at radius 2 is 2.25 bits per heavy atom. The normalized spacial score (nSPS) is 39.5. The summed E-state index contributed by atoms with van der Waals surface area (Å²) >= 11 is 0. The van der Waals surface area contributed by atoms with Gasteiger partial charge in [0, 0.05) is 0 Å². The topological polar surface area (TPSA) is 0 Å². The molecule has 0 aromatic heterocycles. The van der Waals surface area contributed by atoms with Crippen LogP contribution in [0, 0.1) is 17.8 Å². The van der Waals surface area contributed by atoms with Crippen LogP contribution in [0.25, 0.3) is 0 Å². The van der Waals surface area contributed by atoms with Gasteiger partial charge in [-0.3, -0.25) is 0 Å². The van der Waals surface area contributed by atoms with Crippen molar-refractivity contribution in [3.8, 4) is 0 Å². The van der Waals surface area contributed by atoms with Crippen LogP contribution in [0.15, 0.2) is 23.8 Å². The van der Waals surface area contributed by atoms with Gasteiger partial charge < -0.3 is 0 Å². The summed E-state index contributed by atoms with van der Waals surface area (Å²) < 4.78 is 0. The van der Waals surface area contributed by atoms with Crippen molar-refractivity contribution in [2.75, 3.05) is 0 Å². The second kappa shape index (κ2) is 3.08. The predicted octanol–water partition coefficient (Wildman–Crippen LogP) is 3.55. The van der Waals surface area contributed by atoms with E-state index in [-0.39, 0.29) is 0 Å². The van der Waals surface area contributed by atoms with Crippen molar-refractivity contribution < 1.29 is 0 Å². The molecule has 0 aromatic carbocycles. The molecular formula is C12H18. The molecular weight excluding hydrogens is 144 g/mol. The second-order valence-electron chi connectivity index (χ2n) is 4.38. The van der Waals surface area contributed by atoms with Crippen LogP contribution in [-0.4, -0.2) is 0 Å². The van der Waals surface area contributed by atoms with E-state index in [4.69, 9.17) is 0 Å². The SMILES string of the molecule is C/C=C(\C)CC1CC2C=CC1C2. The molecule has 0 nitrogen and oxygen atoms in total. The zero-order chi connectivity index (χ0) is 8.55. The number of allylic oxidation sites excluding steroid dienone is 4. The fourth-order valence-electron chi connectivity index (χ4n) is 2.66. The van der Waals surface area contributed by atoms with Crippen molar-refractivity contribution >= 4 is 0 Å². The summed E-state index contributed by atoms with van der Waals surface area (Å²) in [5, 5.41) is 0. The van der Waals surface area contributed by atoms with E-state index in [9.17, 15) is 0 Å². The molecule has 0 amide bonds. The molecule has 3 atom stereocenters. The van der Waals surface area contributed by atoms with Crippen molar-refractivity contribution in [2.24, 2.45) is 17.8 Å². The van der Waals surface area contributed by atoms with E-state index in [1.807, 2.05) is 0 Å². The molecule has 0 spiro atoms. The average molecular weight is 162 g/mol. The van der Waals surface area contributed by atoms with Gasteiger partial charge in [0.25, 0.3) is 0 Å². The Bertz CT molecular complexity index is 222. The lowest BCUT2D eigenvalue weighted by atomic mass is 9.88. The molecule has 3 unspecified atom stereocenters. The molecule has 66 valence electrons. The van der Waals surface area contributed by atoms with Crippen molar-refractivity contribution in [1.82, 2.24) is 0 Å². The summed E-state index contributed by atoms with van der Waals surface area (Å²) in [6.07, 6.45) is 11.4. The summed E-state index contributed by atoms with van der Waals surface area (Å²) in [6.45, 7) is 4.41. The monoisotopic (exact) mass is 162 g/mol. The van der Waals surface area contributed by atoms with E-state index in [2.05, 4.69) is 32.1 Å². The highest BCUT2D eigenvalue weighted by Crippen LogP contribution is 2.45. The number of fused-ring (bicyclic) bond motifs is 2. The standard InChI is InChI=1S/C12H18/c1-3-9(2)6-12-8-10-4-5-11(12)7-10/h3-5,10-12H,6-8H2,1-2H3/b9-3+. The maximum atomic E-state index is 2.45. The molecule has 2 aliphatic rings. The minimum Gasteiger partial charge on any atom is -0.0887 e. The van der Waals surface area contributed by atoms with Gasteiger partial charge in [0.05, 0.1) is 0 Å². The van der Waals surface area contributed by atoms with Gasteiger partial charge in [-0.2, -0.15) is 0 Å². The first-order valence-corrected chi connectivity index (χ1v) is 5.09. The summed E-state index contributed by atoms with van der Waals surface area (Å²) in [6, 6.07) is 0. The number of hydrogen-bond acceptors (Lipinski definition) is 0. The first-order chi connectivity index (χ1) is 5.79. The number of rotatable bonds is 2.